The van der Waals surface area contributed by atoms with Crippen molar-refractivity contribution in [1.82, 2.24) is 14.2 Å². The monoisotopic (exact) mass is 305 g/mol. The predicted octanol–water partition coefficient (Wildman–Crippen LogP) is 1.39. The highest BCUT2D eigenvalue weighted by Gasteiger charge is 2.17. The van der Waals surface area contributed by atoms with Crippen molar-refractivity contribution in [2.45, 2.75) is 40.2 Å². The topological polar surface area (TPSA) is 82.7 Å². The Morgan fingerprint density at radius 3 is 2.59 bits per heavy atom. The highest BCUT2D eigenvalue weighted by Crippen LogP contribution is 2.17. The number of aromatic nitrogens is 3. The number of hydrogen-bond donors (Lipinski definition) is 0. The van der Waals surface area contributed by atoms with E-state index in [4.69, 9.17) is 4.74 Å². The minimum absolute atomic E-state index is 0.116. The predicted molar refractivity (Wildman–Crippen MR) is 80.2 cm³/mol. The Hall–Kier alpha value is -2.44. The molecule has 0 aliphatic heterocycles. The van der Waals surface area contributed by atoms with Crippen molar-refractivity contribution in [3.63, 3.8) is 0 Å². The van der Waals surface area contributed by atoms with Crippen molar-refractivity contribution in [2.75, 3.05) is 6.61 Å². The van der Waals surface area contributed by atoms with Gasteiger partial charge in [0.05, 0.1) is 6.61 Å². The van der Waals surface area contributed by atoms with E-state index < -0.39 is 11.5 Å². The minimum atomic E-state index is -0.563. The van der Waals surface area contributed by atoms with Crippen LogP contribution >= 0.6 is 0 Å². The Kier molecular flexibility index (Phi) is 4.44. The first kappa shape index (κ1) is 15.9. The lowest BCUT2D eigenvalue weighted by atomic mass is 10.1. The fourth-order valence-electron chi connectivity index (χ4n) is 2.16. The van der Waals surface area contributed by atoms with Crippen molar-refractivity contribution in [3.05, 3.63) is 34.0 Å². The highest BCUT2D eigenvalue weighted by atomic mass is 16.5. The lowest BCUT2D eigenvalue weighted by Gasteiger charge is -2.08. The number of esters is 1. The molecule has 0 amide bonds. The third-order valence-corrected chi connectivity index (χ3v) is 3.30. The summed E-state index contributed by atoms with van der Waals surface area (Å²) in [6.45, 7) is 6.94. The first-order valence-corrected chi connectivity index (χ1v) is 7.14. The van der Waals surface area contributed by atoms with Crippen molar-refractivity contribution < 1.29 is 14.3 Å². The molecular weight excluding hydrogens is 286 g/mol. The van der Waals surface area contributed by atoms with Crippen LogP contribution < -0.4 is 5.56 Å². The normalized spacial score (nSPS) is 11.1. The maximum Gasteiger partial charge on any atom is 0.327 e. The van der Waals surface area contributed by atoms with Crippen LogP contribution in [0.2, 0.25) is 0 Å². The lowest BCUT2D eigenvalue weighted by Crippen LogP contribution is -2.31. The quantitative estimate of drug-likeness (QED) is 0.615. The summed E-state index contributed by atoms with van der Waals surface area (Å²) in [5.74, 6) is -0.525. The van der Waals surface area contributed by atoms with Crippen LogP contribution in [0, 0.1) is 0 Å². The molecule has 0 bridgehead atoms. The van der Waals surface area contributed by atoms with Crippen molar-refractivity contribution in [2.24, 2.45) is 0 Å². The number of nitrogens with zero attached hydrogens (tertiary/aromatic N) is 3. The number of carbonyl (C=O) groups is 2. The van der Waals surface area contributed by atoms with Crippen LogP contribution in [0.5, 0.6) is 0 Å². The molecule has 118 valence electrons. The average molecular weight is 305 g/mol. The van der Waals surface area contributed by atoms with Gasteiger partial charge in [-0.05, 0) is 24.5 Å². The van der Waals surface area contributed by atoms with Crippen LogP contribution in [0.15, 0.2) is 17.1 Å². The Morgan fingerprint density at radius 2 is 2.05 bits per heavy atom. The van der Waals surface area contributed by atoms with E-state index in [1.54, 1.807) is 19.2 Å². The van der Waals surface area contributed by atoms with E-state index in [1.165, 1.54) is 11.3 Å². The third-order valence-electron chi connectivity index (χ3n) is 3.30. The van der Waals surface area contributed by atoms with Gasteiger partial charge in [0.15, 0.2) is 5.78 Å². The molecule has 0 aromatic carbocycles. The first-order chi connectivity index (χ1) is 10.3. The molecule has 0 N–H and O–H groups in total. The number of ketones is 1. The van der Waals surface area contributed by atoms with E-state index in [-0.39, 0.29) is 30.7 Å². The van der Waals surface area contributed by atoms with Crippen molar-refractivity contribution >= 4 is 17.3 Å². The van der Waals surface area contributed by atoms with Gasteiger partial charge < -0.3 is 4.74 Å². The molecule has 0 unspecified atom stereocenters. The molecule has 0 radical (unpaired) electrons. The summed E-state index contributed by atoms with van der Waals surface area (Å²) in [5.41, 5.74) is 0.827. The molecule has 0 aliphatic rings. The Labute approximate surface area is 127 Å². The number of rotatable bonds is 5. The summed E-state index contributed by atoms with van der Waals surface area (Å²) < 4.78 is 7.29. The lowest BCUT2D eigenvalue weighted by molar-refractivity contribution is -0.144. The van der Waals surface area contributed by atoms with E-state index in [0.717, 1.165) is 10.2 Å². The van der Waals surface area contributed by atoms with Crippen LogP contribution in [0.1, 0.15) is 49.8 Å². The van der Waals surface area contributed by atoms with Crippen molar-refractivity contribution in [1.29, 1.82) is 0 Å². The van der Waals surface area contributed by atoms with E-state index >= 15 is 0 Å². The Balaban J connectivity index is 2.64. The zero-order chi connectivity index (χ0) is 16.4. The van der Waals surface area contributed by atoms with Gasteiger partial charge in [-0.3, -0.25) is 18.8 Å². The van der Waals surface area contributed by atoms with E-state index in [0.29, 0.717) is 5.52 Å². The molecule has 0 atom stereocenters. The second kappa shape index (κ2) is 6.13. The molecule has 0 fully saturated rings. The number of Topliss-reactive ketones (excluding diaryl/α,β-unsaturated/α-hetero) is 1. The van der Waals surface area contributed by atoms with E-state index in [2.05, 4.69) is 5.10 Å². The second-order valence-electron chi connectivity index (χ2n) is 5.33. The maximum atomic E-state index is 12.4. The standard InChI is InChI=1S/C15H19N3O4/c1-5-22-13(20)8-18-15(21)12-6-11(9(2)3)7-17(12)14(16-18)10(4)19/h6-7,9H,5,8H2,1-4H3. The van der Waals surface area contributed by atoms with Crippen LogP contribution in [0.25, 0.3) is 5.52 Å². The zero-order valence-electron chi connectivity index (χ0n) is 13.1. The number of hydrogen-bond acceptors (Lipinski definition) is 5. The smallest absolute Gasteiger partial charge is 0.327 e. The van der Waals surface area contributed by atoms with Gasteiger partial charge in [0.25, 0.3) is 5.56 Å². The number of ether oxygens (including phenoxy) is 1. The van der Waals surface area contributed by atoms with Gasteiger partial charge in [0, 0.05) is 13.1 Å². The Morgan fingerprint density at radius 1 is 1.36 bits per heavy atom. The maximum absolute atomic E-state index is 12.4. The number of carbonyl (C=O) groups excluding carboxylic acids is 2. The highest BCUT2D eigenvalue weighted by molar-refractivity contribution is 5.91. The average Bonchev–Trinajstić information content (AvgIpc) is 2.87. The molecule has 22 heavy (non-hydrogen) atoms. The molecule has 2 heterocycles. The van der Waals surface area contributed by atoms with Gasteiger partial charge in [-0.25, -0.2) is 4.68 Å². The molecule has 0 saturated carbocycles. The zero-order valence-corrected chi connectivity index (χ0v) is 13.1. The molecule has 0 spiro atoms. The summed E-state index contributed by atoms with van der Waals surface area (Å²) in [6.07, 6.45) is 1.74. The van der Waals surface area contributed by atoms with Gasteiger partial charge in [0.2, 0.25) is 5.82 Å². The fourth-order valence-corrected chi connectivity index (χ4v) is 2.16. The van der Waals surface area contributed by atoms with Crippen LogP contribution in [-0.4, -0.2) is 32.5 Å². The van der Waals surface area contributed by atoms with E-state index in [9.17, 15) is 14.4 Å². The molecule has 7 nitrogen and oxygen atoms in total. The molecule has 0 saturated heterocycles. The van der Waals surface area contributed by atoms with Crippen LogP contribution in [0.4, 0.5) is 0 Å². The van der Waals surface area contributed by atoms with Gasteiger partial charge in [-0.15, -0.1) is 5.10 Å². The molecular formula is C15H19N3O4. The Bertz CT molecular complexity index is 786. The summed E-state index contributed by atoms with van der Waals surface area (Å²) in [7, 11) is 0. The largest absolute Gasteiger partial charge is 0.465 e. The van der Waals surface area contributed by atoms with Gasteiger partial charge >= 0.3 is 5.97 Å². The minimum Gasteiger partial charge on any atom is -0.465 e. The van der Waals surface area contributed by atoms with Crippen molar-refractivity contribution in [3.8, 4) is 0 Å². The first-order valence-electron chi connectivity index (χ1n) is 7.14. The fraction of sp³-hybridized carbons (Fsp3) is 0.467. The van der Waals surface area contributed by atoms with Gasteiger partial charge in [-0.2, -0.15) is 0 Å². The summed E-state index contributed by atoms with van der Waals surface area (Å²) in [4.78, 5) is 35.8. The summed E-state index contributed by atoms with van der Waals surface area (Å²) in [6, 6.07) is 1.72. The number of fused-ring (bicyclic) bond motifs is 1. The van der Waals surface area contributed by atoms with Crippen LogP contribution in [0.3, 0.4) is 0 Å². The molecule has 2 aromatic rings. The van der Waals surface area contributed by atoms with Crippen LogP contribution in [-0.2, 0) is 16.1 Å². The molecule has 2 aromatic heterocycles. The van der Waals surface area contributed by atoms with Gasteiger partial charge in [-0.1, -0.05) is 13.8 Å². The molecule has 0 aliphatic carbocycles. The SMILES string of the molecule is CCOC(=O)Cn1nc(C(C)=O)n2cc(C(C)C)cc2c1=O. The van der Waals surface area contributed by atoms with Gasteiger partial charge in [0.1, 0.15) is 12.1 Å². The second-order valence-corrected chi connectivity index (χ2v) is 5.33. The molecule has 2 rings (SSSR count). The third kappa shape index (κ3) is 2.93. The molecule has 7 heteroatoms. The summed E-state index contributed by atoms with van der Waals surface area (Å²) >= 11 is 0. The summed E-state index contributed by atoms with van der Waals surface area (Å²) in [5, 5.41) is 4.01. The van der Waals surface area contributed by atoms with E-state index in [1.807, 2.05) is 13.8 Å².